The van der Waals surface area contributed by atoms with Gasteiger partial charge in [-0.3, -0.25) is 14.2 Å². The Kier molecular flexibility index (Phi) is 7.03. The zero-order chi connectivity index (χ0) is 24.1. The third kappa shape index (κ3) is 4.99. The summed E-state index contributed by atoms with van der Waals surface area (Å²) in [6.45, 7) is 3.90. The van der Waals surface area contributed by atoms with Gasteiger partial charge in [-0.15, -0.1) is 11.3 Å². The number of hydrogen-bond acceptors (Lipinski definition) is 7. The molecule has 0 spiro atoms. The van der Waals surface area contributed by atoms with Crippen LogP contribution in [0.4, 0.5) is 5.69 Å². The monoisotopic (exact) mass is 477 g/mol. The summed E-state index contributed by atoms with van der Waals surface area (Å²) in [4.78, 5) is 43.4. The van der Waals surface area contributed by atoms with E-state index in [1.165, 1.54) is 10.9 Å². The third-order valence-corrected chi connectivity index (χ3v) is 6.27. The van der Waals surface area contributed by atoms with Crippen molar-refractivity contribution < 1.29 is 19.1 Å². The van der Waals surface area contributed by atoms with Gasteiger partial charge >= 0.3 is 5.97 Å². The van der Waals surface area contributed by atoms with E-state index in [-0.39, 0.29) is 13.2 Å². The minimum atomic E-state index is -0.513. The number of hydrogen-bond donors (Lipinski definition) is 1. The van der Waals surface area contributed by atoms with Crippen LogP contribution in [0.1, 0.15) is 27.7 Å². The maximum atomic E-state index is 13.1. The second-order valence-corrected chi connectivity index (χ2v) is 8.45. The molecule has 0 radical (unpaired) electrons. The van der Waals surface area contributed by atoms with Crippen LogP contribution >= 0.6 is 11.3 Å². The first kappa shape index (κ1) is 23.2. The minimum absolute atomic E-state index is 0.133. The van der Waals surface area contributed by atoms with E-state index in [2.05, 4.69) is 10.3 Å². The Hall–Kier alpha value is -3.98. The molecule has 0 saturated heterocycles. The number of carbonyl (C=O) groups excluding carboxylic acids is 2. The number of esters is 1. The number of nitrogens with one attached hydrogen (secondary N) is 1. The van der Waals surface area contributed by atoms with Gasteiger partial charge in [0.1, 0.15) is 28.6 Å². The van der Waals surface area contributed by atoms with Gasteiger partial charge in [-0.25, -0.2) is 9.78 Å². The van der Waals surface area contributed by atoms with Gasteiger partial charge in [-0.05, 0) is 37.1 Å². The van der Waals surface area contributed by atoms with Gasteiger partial charge in [0.2, 0.25) is 5.91 Å². The van der Waals surface area contributed by atoms with Crippen molar-refractivity contribution in [2.75, 3.05) is 11.9 Å². The van der Waals surface area contributed by atoms with E-state index >= 15 is 0 Å². The van der Waals surface area contributed by atoms with E-state index < -0.39 is 17.4 Å². The molecule has 0 fully saturated rings. The quantitative estimate of drug-likeness (QED) is 0.383. The number of amides is 1. The lowest BCUT2D eigenvalue weighted by atomic mass is 10.2. The summed E-state index contributed by atoms with van der Waals surface area (Å²) in [5, 5.41) is 3.07. The summed E-state index contributed by atoms with van der Waals surface area (Å²) in [6.07, 6.45) is 1.31. The molecule has 0 saturated carbocycles. The van der Waals surface area contributed by atoms with Gasteiger partial charge in [0.05, 0.1) is 24.0 Å². The van der Waals surface area contributed by atoms with Crippen LogP contribution in [0.25, 0.3) is 10.2 Å². The maximum absolute atomic E-state index is 13.1. The Bertz CT molecular complexity index is 1390. The molecule has 34 heavy (non-hydrogen) atoms. The number of nitrogens with zero attached hydrogens (tertiary/aromatic N) is 2. The Morgan fingerprint density at radius 3 is 2.59 bits per heavy atom. The predicted octanol–water partition coefficient (Wildman–Crippen LogP) is 4.16. The van der Waals surface area contributed by atoms with Gasteiger partial charge in [-0.1, -0.05) is 42.5 Å². The summed E-state index contributed by atoms with van der Waals surface area (Å²) in [5.74, 6) is -0.363. The van der Waals surface area contributed by atoms with E-state index in [1.807, 2.05) is 43.3 Å². The van der Waals surface area contributed by atoms with Crippen molar-refractivity contribution >= 4 is 39.1 Å². The highest BCUT2D eigenvalue weighted by Crippen LogP contribution is 2.28. The number of carbonyl (C=O) groups is 2. The Morgan fingerprint density at radius 1 is 1.09 bits per heavy atom. The maximum Gasteiger partial charge on any atom is 0.349 e. The fourth-order valence-corrected chi connectivity index (χ4v) is 4.48. The lowest BCUT2D eigenvalue weighted by Gasteiger charge is -2.11. The molecule has 4 aromatic rings. The number of ether oxygens (including phenoxy) is 2. The van der Waals surface area contributed by atoms with Crippen LogP contribution in [0.3, 0.4) is 0 Å². The number of fused-ring (bicyclic) bond motifs is 1. The summed E-state index contributed by atoms with van der Waals surface area (Å²) >= 11 is 1.10. The van der Waals surface area contributed by atoms with Crippen LogP contribution in [-0.2, 0) is 22.7 Å². The van der Waals surface area contributed by atoms with Gasteiger partial charge in [-0.2, -0.15) is 0 Å². The highest BCUT2D eigenvalue weighted by Gasteiger charge is 2.21. The van der Waals surface area contributed by atoms with Crippen molar-refractivity contribution in [3.63, 3.8) is 0 Å². The van der Waals surface area contributed by atoms with E-state index in [1.54, 1.807) is 25.1 Å². The molecule has 0 unspecified atom stereocenters. The van der Waals surface area contributed by atoms with Crippen molar-refractivity contribution in [1.29, 1.82) is 0 Å². The number of rotatable bonds is 8. The van der Waals surface area contributed by atoms with Gasteiger partial charge < -0.3 is 14.8 Å². The van der Waals surface area contributed by atoms with Crippen LogP contribution in [0.5, 0.6) is 5.75 Å². The highest BCUT2D eigenvalue weighted by atomic mass is 32.1. The normalized spacial score (nSPS) is 10.8. The molecule has 0 aliphatic carbocycles. The van der Waals surface area contributed by atoms with Crippen LogP contribution in [0, 0.1) is 6.92 Å². The minimum Gasteiger partial charge on any atom is -0.492 e. The predicted molar refractivity (Wildman–Crippen MR) is 130 cm³/mol. The van der Waals surface area contributed by atoms with E-state index in [0.717, 1.165) is 16.9 Å². The largest absolute Gasteiger partial charge is 0.492 e. The zero-order valence-corrected chi connectivity index (χ0v) is 19.6. The second kappa shape index (κ2) is 10.3. The standard InChI is InChI=1S/C25H23N3O5S/c1-3-32-19-12-8-7-11-18(19)27-20(29)13-28-15-26-23-21(24(28)30)16(2)22(34-23)25(31)33-14-17-9-5-4-6-10-17/h4-12,15H,3,13-14H2,1-2H3,(H,27,29). The van der Waals surface area contributed by atoms with Gasteiger partial charge in [0.15, 0.2) is 0 Å². The first-order valence-electron chi connectivity index (χ1n) is 10.7. The smallest absolute Gasteiger partial charge is 0.349 e. The van der Waals surface area contributed by atoms with Gasteiger partial charge in [0.25, 0.3) is 5.56 Å². The number of benzene rings is 2. The molecule has 0 aliphatic rings. The average Bonchev–Trinajstić information content (AvgIpc) is 3.18. The number of aromatic nitrogens is 2. The van der Waals surface area contributed by atoms with Crippen molar-refractivity contribution in [2.24, 2.45) is 0 Å². The van der Waals surface area contributed by atoms with Crippen molar-refractivity contribution in [2.45, 2.75) is 27.0 Å². The van der Waals surface area contributed by atoms with Crippen LogP contribution in [-0.4, -0.2) is 28.0 Å². The second-order valence-electron chi connectivity index (χ2n) is 7.45. The van der Waals surface area contributed by atoms with Gasteiger partial charge in [0, 0.05) is 0 Å². The van der Waals surface area contributed by atoms with Crippen LogP contribution < -0.4 is 15.6 Å². The lowest BCUT2D eigenvalue weighted by Crippen LogP contribution is -2.28. The summed E-state index contributed by atoms with van der Waals surface area (Å²) in [5.41, 5.74) is 1.49. The molecule has 9 heteroatoms. The highest BCUT2D eigenvalue weighted by molar-refractivity contribution is 7.20. The fraction of sp³-hybridized carbons (Fsp3) is 0.200. The number of anilines is 1. The molecule has 2 aromatic carbocycles. The molecule has 0 bridgehead atoms. The molecule has 0 atom stereocenters. The number of thiophene rings is 1. The Morgan fingerprint density at radius 2 is 1.82 bits per heavy atom. The number of para-hydroxylation sites is 2. The summed E-state index contributed by atoms with van der Waals surface area (Å²) in [6, 6.07) is 16.4. The van der Waals surface area contributed by atoms with E-state index in [4.69, 9.17) is 9.47 Å². The summed E-state index contributed by atoms with van der Waals surface area (Å²) < 4.78 is 12.2. The average molecular weight is 478 g/mol. The Balaban J connectivity index is 1.52. The zero-order valence-electron chi connectivity index (χ0n) is 18.7. The molecule has 8 nitrogen and oxygen atoms in total. The van der Waals surface area contributed by atoms with Crippen LogP contribution in [0.15, 0.2) is 65.7 Å². The van der Waals surface area contributed by atoms with E-state index in [0.29, 0.717) is 38.7 Å². The fourth-order valence-electron chi connectivity index (χ4n) is 3.45. The molecular weight excluding hydrogens is 454 g/mol. The van der Waals surface area contributed by atoms with E-state index in [9.17, 15) is 14.4 Å². The van der Waals surface area contributed by atoms with Crippen molar-refractivity contribution in [1.82, 2.24) is 9.55 Å². The third-order valence-electron chi connectivity index (χ3n) is 5.09. The van der Waals surface area contributed by atoms with Crippen molar-refractivity contribution in [3.05, 3.63) is 87.3 Å². The molecule has 1 amide bonds. The first-order chi connectivity index (χ1) is 16.5. The molecule has 0 aliphatic heterocycles. The Labute approximate surface area is 199 Å². The molecule has 174 valence electrons. The molecule has 2 aromatic heterocycles. The topological polar surface area (TPSA) is 99.5 Å². The lowest BCUT2D eigenvalue weighted by molar-refractivity contribution is -0.116. The summed E-state index contributed by atoms with van der Waals surface area (Å²) in [7, 11) is 0. The SMILES string of the molecule is CCOc1ccccc1NC(=O)Cn1cnc2sc(C(=O)OCc3ccccc3)c(C)c2c1=O. The van der Waals surface area contributed by atoms with Crippen LogP contribution in [0.2, 0.25) is 0 Å². The first-order valence-corrected chi connectivity index (χ1v) is 11.5. The number of aryl methyl sites for hydroxylation is 1. The molecule has 4 rings (SSSR count). The molecular formula is C25H23N3O5S. The van der Waals surface area contributed by atoms with Crippen molar-refractivity contribution in [3.8, 4) is 5.75 Å². The molecule has 2 heterocycles. The molecule has 1 N–H and O–H groups in total.